The Balaban J connectivity index is 2.65. The topological polar surface area (TPSA) is 90.6 Å². The fourth-order valence-corrected chi connectivity index (χ4v) is 3.07. The standard InChI is InChI=1S/C13H22N2O4S/c1-10-8-12(14)9-13(11(10)2)20(16,17)15-4-5-19-7-6-18-3/h8-9,15H,4-7,14H2,1-3H3. The molecule has 0 atom stereocenters. The Morgan fingerprint density at radius 3 is 2.55 bits per heavy atom. The molecule has 0 unspecified atom stereocenters. The highest BCUT2D eigenvalue weighted by Crippen LogP contribution is 2.21. The minimum absolute atomic E-state index is 0.208. The van der Waals surface area contributed by atoms with Crippen molar-refractivity contribution >= 4 is 15.7 Å². The number of sulfonamides is 1. The summed E-state index contributed by atoms with van der Waals surface area (Å²) in [7, 11) is -1.99. The molecule has 0 aliphatic carbocycles. The van der Waals surface area contributed by atoms with Crippen molar-refractivity contribution in [3.05, 3.63) is 23.3 Å². The average molecular weight is 302 g/mol. The first-order valence-corrected chi connectivity index (χ1v) is 7.80. The van der Waals surface area contributed by atoms with Crippen molar-refractivity contribution in [3.8, 4) is 0 Å². The maximum atomic E-state index is 12.2. The fraction of sp³-hybridized carbons (Fsp3) is 0.538. The zero-order valence-corrected chi connectivity index (χ0v) is 12.9. The van der Waals surface area contributed by atoms with Gasteiger partial charge in [-0.15, -0.1) is 0 Å². The molecule has 114 valence electrons. The van der Waals surface area contributed by atoms with E-state index in [0.29, 0.717) is 31.1 Å². The minimum atomic E-state index is -3.57. The number of rotatable bonds is 8. The van der Waals surface area contributed by atoms with E-state index in [2.05, 4.69) is 4.72 Å². The van der Waals surface area contributed by atoms with Crippen LogP contribution in [0.5, 0.6) is 0 Å². The predicted molar refractivity (Wildman–Crippen MR) is 78.2 cm³/mol. The lowest BCUT2D eigenvalue weighted by Crippen LogP contribution is -2.28. The zero-order valence-electron chi connectivity index (χ0n) is 12.1. The lowest BCUT2D eigenvalue weighted by Gasteiger charge is -2.12. The summed E-state index contributed by atoms with van der Waals surface area (Å²) in [6, 6.07) is 3.22. The molecule has 0 spiro atoms. The number of ether oxygens (including phenoxy) is 2. The molecule has 6 nitrogen and oxygen atoms in total. The van der Waals surface area contributed by atoms with Crippen LogP contribution < -0.4 is 10.5 Å². The van der Waals surface area contributed by atoms with Gasteiger partial charge < -0.3 is 15.2 Å². The van der Waals surface area contributed by atoms with Crippen molar-refractivity contribution in [1.82, 2.24) is 4.72 Å². The summed E-state index contributed by atoms with van der Waals surface area (Å²) in [5, 5.41) is 0. The van der Waals surface area contributed by atoms with Gasteiger partial charge in [-0.05, 0) is 37.1 Å². The summed E-state index contributed by atoms with van der Waals surface area (Å²) in [5.41, 5.74) is 7.69. The maximum Gasteiger partial charge on any atom is 0.240 e. The molecule has 7 heteroatoms. The Morgan fingerprint density at radius 1 is 1.20 bits per heavy atom. The SMILES string of the molecule is COCCOCCNS(=O)(=O)c1cc(N)cc(C)c1C. The molecule has 1 rings (SSSR count). The lowest BCUT2D eigenvalue weighted by atomic mass is 10.1. The predicted octanol–water partition coefficient (Wildman–Crippen LogP) is 0.827. The van der Waals surface area contributed by atoms with Crippen LogP contribution in [0.25, 0.3) is 0 Å². The van der Waals surface area contributed by atoms with E-state index in [0.717, 1.165) is 5.56 Å². The van der Waals surface area contributed by atoms with Gasteiger partial charge in [0.1, 0.15) is 0 Å². The van der Waals surface area contributed by atoms with Gasteiger partial charge >= 0.3 is 0 Å². The van der Waals surface area contributed by atoms with E-state index in [-0.39, 0.29) is 11.4 Å². The number of hydrogen-bond donors (Lipinski definition) is 2. The number of anilines is 1. The maximum absolute atomic E-state index is 12.2. The quantitative estimate of drug-likeness (QED) is 0.548. The Hall–Kier alpha value is -1.15. The molecule has 0 amide bonds. The smallest absolute Gasteiger partial charge is 0.240 e. The molecule has 1 aromatic carbocycles. The molecule has 1 aromatic rings. The van der Waals surface area contributed by atoms with Crippen LogP contribution in [0.15, 0.2) is 17.0 Å². The van der Waals surface area contributed by atoms with E-state index in [1.807, 2.05) is 6.92 Å². The fourth-order valence-electron chi connectivity index (χ4n) is 1.70. The van der Waals surface area contributed by atoms with Crippen molar-refractivity contribution in [2.24, 2.45) is 0 Å². The highest BCUT2D eigenvalue weighted by atomic mass is 32.2. The molecule has 0 heterocycles. The number of methoxy groups -OCH3 is 1. The van der Waals surface area contributed by atoms with Crippen molar-refractivity contribution < 1.29 is 17.9 Å². The summed E-state index contributed by atoms with van der Waals surface area (Å²) in [6.07, 6.45) is 0. The molecule has 0 bridgehead atoms. The first-order chi connectivity index (χ1) is 9.38. The van der Waals surface area contributed by atoms with Gasteiger partial charge in [0, 0.05) is 19.3 Å². The Morgan fingerprint density at radius 2 is 1.90 bits per heavy atom. The second-order valence-corrected chi connectivity index (χ2v) is 6.20. The molecule has 0 fully saturated rings. The van der Waals surface area contributed by atoms with Crippen LogP contribution in [0.2, 0.25) is 0 Å². The van der Waals surface area contributed by atoms with Crippen molar-refractivity contribution in [1.29, 1.82) is 0 Å². The van der Waals surface area contributed by atoms with E-state index in [4.69, 9.17) is 15.2 Å². The van der Waals surface area contributed by atoms with E-state index in [1.54, 1.807) is 20.1 Å². The summed E-state index contributed by atoms with van der Waals surface area (Å²) in [4.78, 5) is 0.215. The average Bonchev–Trinajstić information content (AvgIpc) is 2.37. The van der Waals surface area contributed by atoms with Crippen molar-refractivity contribution in [3.63, 3.8) is 0 Å². The molecule has 0 saturated carbocycles. The third kappa shape index (κ3) is 4.75. The minimum Gasteiger partial charge on any atom is -0.399 e. The summed E-state index contributed by atoms with van der Waals surface area (Å²) < 4.78 is 36.9. The monoisotopic (exact) mass is 302 g/mol. The number of nitrogen functional groups attached to an aromatic ring is 1. The number of nitrogens with one attached hydrogen (secondary N) is 1. The second kappa shape index (κ2) is 7.58. The highest BCUT2D eigenvalue weighted by Gasteiger charge is 2.18. The van der Waals surface area contributed by atoms with Crippen LogP contribution in [0, 0.1) is 13.8 Å². The molecular weight excluding hydrogens is 280 g/mol. The summed E-state index contributed by atoms with van der Waals surface area (Å²) in [5.74, 6) is 0. The number of aryl methyl sites for hydroxylation is 1. The van der Waals surface area contributed by atoms with Gasteiger partial charge in [-0.2, -0.15) is 0 Å². The van der Waals surface area contributed by atoms with Gasteiger partial charge in [-0.25, -0.2) is 13.1 Å². The van der Waals surface area contributed by atoms with Crippen LogP contribution in [0.3, 0.4) is 0 Å². The second-order valence-electron chi connectivity index (χ2n) is 4.46. The Kier molecular flexibility index (Phi) is 6.41. The molecule has 3 N–H and O–H groups in total. The van der Waals surface area contributed by atoms with Crippen molar-refractivity contribution in [2.75, 3.05) is 39.2 Å². The van der Waals surface area contributed by atoms with Gasteiger partial charge in [0.2, 0.25) is 10.0 Å². The van der Waals surface area contributed by atoms with Crippen LogP contribution in [0.4, 0.5) is 5.69 Å². The molecule has 20 heavy (non-hydrogen) atoms. The zero-order chi connectivity index (χ0) is 15.2. The highest BCUT2D eigenvalue weighted by molar-refractivity contribution is 7.89. The normalized spacial score (nSPS) is 11.8. The van der Waals surface area contributed by atoms with Crippen LogP contribution in [-0.2, 0) is 19.5 Å². The summed E-state index contributed by atoms with van der Waals surface area (Å²) in [6.45, 7) is 5.02. The van der Waals surface area contributed by atoms with Crippen molar-refractivity contribution in [2.45, 2.75) is 18.7 Å². The molecular formula is C13H22N2O4S. The Bertz CT molecular complexity index is 544. The number of benzene rings is 1. The first-order valence-electron chi connectivity index (χ1n) is 6.31. The van der Waals surface area contributed by atoms with Crippen LogP contribution in [0.1, 0.15) is 11.1 Å². The van der Waals surface area contributed by atoms with E-state index in [9.17, 15) is 8.42 Å². The largest absolute Gasteiger partial charge is 0.399 e. The number of hydrogen-bond acceptors (Lipinski definition) is 5. The van der Waals surface area contributed by atoms with Gasteiger partial charge in [-0.1, -0.05) is 0 Å². The molecule has 0 radical (unpaired) electrons. The number of nitrogens with two attached hydrogens (primary N) is 1. The third-order valence-electron chi connectivity index (χ3n) is 2.90. The van der Waals surface area contributed by atoms with Gasteiger partial charge in [0.05, 0.1) is 24.7 Å². The molecule has 0 aliphatic heterocycles. The first kappa shape index (κ1) is 16.9. The van der Waals surface area contributed by atoms with Gasteiger partial charge in [-0.3, -0.25) is 0 Å². The molecule has 0 aliphatic rings. The van der Waals surface area contributed by atoms with Gasteiger partial charge in [0.25, 0.3) is 0 Å². The lowest BCUT2D eigenvalue weighted by molar-refractivity contribution is 0.0736. The van der Waals surface area contributed by atoms with Crippen LogP contribution in [-0.4, -0.2) is 41.9 Å². The van der Waals surface area contributed by atoms with E-state index < -0.39 is 10.0 Å². The van der Waals surface area contributed by atoms with Crippen LogP contribution >= 0.6 is 0 Å². The van der Waals surface area contributed by atoms with E-state index >= 15 is 0 Å². The third-order valence-corrected chi connectivity index (χ3v) is 4.49. The summed E-state index contributed by atoms with van der Waals surface area (Å²) >= 11 is 0. The van der Waals surface area contributed by atoms with Gasteiger partial charge in [0.15, 0.2) is 0 Å². The Labute approximate surface area is 120 Å². The van der Waals surface area contributed by atoms with E-state index in [1.165, 1.54) is 6.07 Å². The molecule has 0 aromatic heterocycles. The molecule has 0 saturated heterocycles.